The van der Waals surface area contributed by atoms with Crippen LogP contribution in [0.1, 0.15) is 25.7 Å². The van der Waals surface area contributed by atoms with E-state index in [1.165, 1.54) is 13.5 Å². The van der Waals surface area contributed by atoms with Crippen molar-refractivity contribution in [2.75, 3.05) is 20.7 Å². The van der Waals surface area contributed by atoms with Crippen molar-refractivity contribution in [3.05, 3.63) is 0 Å². The maximum atomic E-state index is 11.0. The Morgan fingerprint density at radius 2 is 2.36 bits per heavy atom. The van der Waals surface area contributed by atoms with Gasteiger partial charge in [-0.15, -0.1) is 0 Å². The predicted octanol–water partition coefficient (Wildman–Crippen LogP) is 0.395. The number of rotatable bonds is 3. The van der Waals surface area contributed by atoms with Crippen molar-refractivity contribution in [1.82, 2.24) is 4.90 Å². The van der Waals surface area contributed by atoms with Crippen LogP contribution in [-0.2, 0) is 9.53 Å². The van der Waals surface area contributed by atoms with Gasteiger partial charge in [0.15, 0.2) is 0 Å². The van der Waals surface area contributed by atoms with E-state index in [4.69, 9.17) is 0 Å². The molecule has 0 bridgehead atoms. The minimum atomic E-state index is -0.590. The number of likely N-dealkylation sites (tertiary alicyclic amines) is 1. The van der Waals surface area contributed by atoms with Crippen LogP contribution in [0, 0.1) is 0 Å². The number of carbonyl (C=O) groups is 1. The summed E-state index contributed by atoms with van der Waals surface area (Å²) in [5.41, 5.74) is 0. The Hall–Kier alpha value is -0.610. The Morgan fingerprint density at radius 1 is 1.64 bits per heavy atom. The third kappa shape index (κ3) is 2.96. The van der Waals surface area contributed by atoms with Gasteiger partial charge in [-0.05, 0) is 26.4 Å². The molecule has 1 N–H and O–H groups in total. The number of nitrogens with zero attached hydrogens (tertiary/aromatic N) is 1. The molecule has 1 rings (SSSR count). The molecular formula is C10H19NO3. The number of piperidine rings is 1. The summed E-state index contributed by atoms with van der Waals surface area (Å²) in [7, 11) is 3.34. The Bertz CT molecular complexity index is 196. The number of hydrogen-bond donors (Lipinski definition) is 1. The smallest absolute Gasteiger partial charge is 0.308 e. The van der Waals surface area contributed by atoms with E-state index in [1.54, 1.807) is 0 Å². The van der Waals surface area contributed by atoms with E-state index in [-0.39, 0.29) is 18.4 Å². The molecule has 0 amide bonds. The van der Waals surface area contributed by atoms with Crippen LogP contribution in [0.4, 0.5) is 0 Å². The summed E-state index contributed by atoms with van der Waals surface area (Å²) in [6, 6.07) is 0.114. The first-order chi connectivity index (χ1) is 6.65. The van der Waals surface area contributed by atoms with Gasteiger partial charge in [0.2, 0.25) is 0 Å². The Kier molecular flexibility index (Phi) is 4.35. The van der Waals surface area contributed by atoms with Crippen LogP contribution in [0.15, 0.2) is 0 Å². The average molecular weight is 201 g/mol. The predicted molar refractivity (Wildman–Crippen MR) is 52.9 cm³/mol. The molecule has 1 saturated heterocycles. The second kappa shape index (κ2) is 5.32. The molecule has 4 nitrogen and oxygen atoms in total. The normalized spacial score (nSPS) is 25.8. The first kappa shape index (κ1) is 11.5. The molecule has 0 saturated carbocycles. The molecule has 0 aromatic carbocycles. The summed E-state index contributed by atoms with van der Waals surface area (Å²) >= 11 is 0. The molecule has 0 aromatic heterocycles. The maximum Gasteiger partial charge on any atom is 0.308 e. The third-order valence-corrected chi connectivity index (χ3v) is 2.87. The Labute approximate surface area is 84.8 Å². The van der Waals surface area contributed by atoms with Gasteiger partial charge in [-0.1, -0.05) is 6.42 Å². The van der Waals surface area contributed by atoms with Crippen molar-refractivity contribution in [1.29, 1.82) is 0 Å². The molecule has 0 spiro atoms. The van der Waals surface area contributed by atoms with E-state index >= 15 is 0 Å². The first-order valence-electron chi connectivity index (χ1n) is 5.10. The first-order valence-corrected chi connectivity index (χ1v) is 5.10. The molecule has 1 heterocycles. The van der Waals surface area contributed by atoms with E-state index in [1.807, 2.05) is 7.05 Å². The lowest BCUT2D eigenvalue weighted by Gasteiger charge is -2.35. The van der Waals surface area contributed by atoms with Crippen molar-refractivity contribution in [2.45, 2.75) is 37.8 Å². The van der Waals surface area contributed by atoms with E-state index in [0.717, 1.165) is 19.4 Å². The highest BCUT2D eigenvalue weighted by molar-refractivity contribution is 5.69. The molecular weight excluding hydrogens is 182 g/mol. The lowest BCUT2D eigenvalue weighted by Crippen LogP contribution is -2.45. The summed E-state index contributed by atoms with van der Waals surface area (Å²) < 4.78 is 4.53. The highest BCUT2D eigenvalue weighted by Gasteiger charge is 2.27. The molecule has 1 aliphatic heterocycles. The van der Waals surface area contributed by atoms with Gasteiger partial charge < -0.3 is 14.7 Å². The summed E-state index contributed by atoms with van der Waals surface area (Å²) in [6.45, 7) is 1.00. The van der Waals surface area contributed by atoms with Crippen molar-refractivity contribution < 1.29 is 14.6 Å². The number of methoxy groups -OCH3 is 1. The minimum absolute atomic E-state index is 0.103. The second-order valence-electron chi connectivity index (χ2n) is 3.89. The van der Waals surface area contributed by atoms with E-state index in [0.29, 0.717) is 0 Å². The summed E-state index contributed by atoms with van der Waals surface area (Å²) in [5.74, 6) is -0.337. The zero-order valence-electron chi connectivity index (χ0n) is 8.90. The quantitative estimate of drug-likeness (QED) is 0.671. The van der Waals surface area contributed by atoms with Gasteiger partial charge >= 0.3 is 5.97 Å². The molecule has 0 aromatic rings. The third-order valence-electron chi connectivity index (χ3n) is 2.87. The summed E-state index contributed by atoms with van der Waals surface area (Å²) in [6.07, 6.45) is 2.79. The number of aliphatic hydroxyl groups is 1. The van der Waals surface area contributed by atoms with Crippen LogP contribution < -0.4 is 0 Å². The molecule has 4 heteroatoms. The maximum absolute atomic E-state index is 11.0. The van der Waals surface area contributed by atoms with Crippen LogP contribution in [0.5, 0.6) is 0 Å². The fourth-order valence-electron chi connectivity index (χ4n) is 1.98. The molecule has 14 heavy (non-hydrogen) atoms. The van der Waals surface area contributed by atoms with Crippen molar-refractivity contribution >= 4 is 5.97 Å². The zero-order chi connectivity index (χ0) is 10.6. The van der Waals surface area contributed by atoms with E-state index in [2.05, 4.69) is 9.64 Å². The van der Waals surface area contributed by atoms with Crippen molar-refractivity contribution in [2.24, 2.45) is 0 Å². The number of likely N-dealkylation sites (N-methyl/N-ethyl adjacent to an activating group) is 1. The zero-order valence-corrected chi connectivity index (χ0v) is 8.90. The largest absolute Gasteiger partial charge is 0.469 e. The molecule has 0 aliphatic carbocycles. The Morgan fingerprint density at radius 3 is 2.93 bits per heavy atom. The molecule has 0 radical (unpaired) electrons. The number of carbonyl (C=O) groups excluding carboxylic acids is 1. The summed E-state index contributed by atoms with van der Waals surface area (Å²) in [4.78, 5) is 13.1. The van der Waals surface area contributed by atoms with Gasteiger partial charge in [-0.25, -0.2) is 0 Å². The molecule has 2 unspecified atom stereocenters. The van der Waals surface area contributed by atoms with Crippen LogP contribution in [0.25, 0.3) is 0 Å². The molecule has 82 valence electrons. The minimum Gasteiger partial charge on any atom is -0.469 e. The monoisotopic (exact) mass is 201 g/mol. The number of aliphatic hydroxyl groups excluding tert-OH is 1. The lowest BCUT2D eigenvalue weighted by molar-refractivity contribution is -0.144. The molecule has 2 atom stereocenters. The highest BCUT2D eigenvalue weighted by Crippen LogP contribution is 2.19. The van der Waals surface area contributed by atoms with Gasteiger partial charge in [0.1, 0.15) is 0 Å². The van der Waals surface area contributed by atoms with Crippen LogP contribution in [-0.4, -0.2) is 48.8 Å². The standard InChI is InChI=1S/C10H19NO3/c1-11-6-4-3-5-8(11)9(12)7-10(13)14-2/h8-9,12H,3-7H2,1-2H3. The van der Waals surface area contributed by atoms with Gasteiger partial charge in [-0.3, -0.25) is 4.79 Å². The van der Waals surface area contributed by atoms with Crippen molar-refractivity contribution in [3.8, 4) is 0 Å². The van der Waals surface area contributed by atoms with Crippen molar-refractivity contribution in [3.63, 3.8) is 0 Å². The summed E-state index contributed by atoms with van der Waals surface area (Å²) in [5, 5.41) is 9.80. The molecule has 1 fully saturated rings. The lowest BCUT2D eigenvalue weighted by atomic mass is 9.96. The van der Waals surface area contributed by atoms with Crippen LogP contribution >= 0.6 is 0 Å². The fraction of sp³-hybridized carbons (Fsp3) is 0.900. The highest BCUT2D eigenvalue weighted by atomic mass is 16.5. The Balaban J connectivity index is 2.41. The SMILES string of the molecule is COC(=O)CC(O)C1CCCCN1C. The van der Waals surface area contributed by atoms with Crippen LogP contribution in [0.2, 0.25) is 0 Å². The second-order valence-corrected chi connectivity index (χ2v) is 3.89. The fourth-order valence-corrected chi connectivity index (χ4v) is 1.98. The number of hydrogen-bond acceptors (Lipinski definition) is 4. The van der Waals surface area contributed by atoms with Gasteiger partial charge in [-0.2, -0.15) is 0 Å². The van der Waals surface area contributed by atoms with E-state index < -0.39 is 6.10 Å². The molecule has 1 aliphatic rings. The number of ether oxygens (including phenoxy) is 1. The van der Waals surface area contributed by atoms with Gasteiger partial charge in [0, 0.05) is 6.04 Å². The van der Waals surface area contributed by atoms with E-state index in [9.17, 15) is 9.90 Å². The van der Waals surface area contributed by atoms with Gasteiger partial charge in [0.05, 0.1) is 19.6 Å². The number of esters is 1. The van der Waals surface area contributed by atoms with Crippen LogP contribution in [0.3, 0.4) is 0 Å². The van der Waals surface area contributed by atoms with Gasteiger partial charge in [0.25, 0.3) is 0 Å². The average Bonchev–Trinajstić information content (AvgIpc) is 2.18. The topological polar surface area (TPSA) is 49.8 Å².